The van der Waals surface area contributed by atoms with Crippen molar-refractivity contribution in [1.29, 1.82) is 0 Å². The normalized spacial score (nSPS) is 13.3. The molecule has 0 atom stereocenters. The molecule has 1 aliphatic heterocycles. The smallest absolute Gasteiger partial charge is 0.341 e. The van der Waals surface area contributed by atoms with Crippen LogP contribution in [0.2, 0.25) is 0 Å². The third kappa shape index (κ3) is 2.08. The van der Waals surface area contributed by atoms with Crippen LogP contribution in [0.5, 0.6) is 0 Å². The van der Waals surface area contributed by atoms with Gasteiger partial charge in [-0.15, -0.1) is 0 Å². The van der Waals surface area contributed by atoms with Gasteiger partial charge >= 0.3 is 5.97 Å². The fourth-order valence-corrected chi connectivity index (χ4v) is 2.70. The van der Waals surface area contributed by atoms with Gasteiger partial charge in [0, 0.05) is 24.7 Å². The minimum absolute atomic E-state index is 0.00463. The van der Waals surface area contributed by atoms with Crippen LogP contribution in [-0.4, -0.2) is 28.7 Å². The Balaban J connectivity index is 2.07. The summed E-state index contributed by atoms with van der Waals surface area (Å²) in [4.78, 5) is 24.5. The number of hydrogen-bond donors (Lipinski definition) is 1. The molecule has 6 nitrogen and oxygen atoms in total. The van der Waals surface area contributed by atoms with Crippen molar-refractivity contribution in [3.63, 3.8) is 0 Å². The van der Waals surface area contributed by atoms with Crippen LogP contribution in [0.4, 0.5) is 5.69 Å². The topological polar surface area (TPSA) is 83.6 Å². The number of carbonyl (C=O) groups excluding carboxylic acids is 1. The average molecular weight is 286 g/mol. The van der Waals surface area contributed by atoms with E-state index in [1.165, 1.54) is 6.92 Å². The van der Waals surface area contributed by atoms with E-state index >= 15 is 0 Å². The third-order valence-corrected chi connectivity index (χ3v) is 3.71. The van der Waals surface area contributed by atoms with Crippen molar-refractivity contribution in [1.82, 2.24) is 5.16 Å². The molecule has 0 aliphatic carbocycles. The zero-order chi connectivity index (χ0) is 15.1. The number of carbonyl (C=O) groups is 2. The van der Waals surface area contributed by atoms with Crippen molar-refractivity contribution >= 4 is 17.6 Å². The lowest BCUT2D eigenvalue weighted by molar-refractivity contribution is -0.116. The van der Waals surface area contributed by atoms with Gasteiger partial charge in [-0.2, -0.15) is 0 Å². The first-order chi connectivity index (χ1) is 9.99. The van der Waals surface area contributed by atoms with Gasteiger partial charge in [0.15, 0.2) is 0 Å². The zero-order valence-electron chi connectivity index (χ0n) is 11.7. The van der Waals surface area contributed by atoms with Crippen LogP contribution in [0.3, 0.4) is 0 Å². The lowest BCUT2D eigenvalue weighted by Crippen LogP contribution is -2.25. The molecule has 0 bridgehead atoms. The summed E-state index contributed by atoms with van der Waals surface area (Å²) in [5, 5.41) is 13.1. The molecule has 108 valence electrons. The standard InChI is InChI=1S/C15H14N2O4/c1-8-13(15(19)20)14(16-21-8)11-3-4-12-10(7-11)5-6-17(12)9(2)18/h3-4,7H,5-6H2,1-2H3,(H,19,20). The second-order valence-corrected chi connectivity index (χ2v) is 5.03. The predicted octanol–water partition coefficient (Wildman–Crippen LogP) is 2.26. The van der Waals surface area contributed by atoms with E-state index in [-0.39, 0.29) is 17.2 Å². The molecule has 0 fully saturated rings. The Morgan fingerprint density at radius 2 is 2.14 bits per heavy atom. The van der Waals surface area contributed by atoms with Crippen LogP contribution in [0.15, 0.2) is 22.7 Å². The number of aromatic nitrogens is 1. The fraction of sp³-hybridized carbons (Fsp3) is 0.267. The van der Waals surface area contributed by atoms with Crippen LogP contribution in [0.1, 0.15) is 28.6 Å². The lowest BCUT2D eigenvalue weighted by Gasteiger charge is -2.14. The molecule has 0 radical (unpaired) electrons. The summed E-state index contributed by atoms with van der Waals surface area (Å²) in [5.74, 6) is -0.775. The van der Waals surface area contributed by atoms with Crippen molar-refractivity contribution in [2.75, 3.05) is 11.4 Å². The summed E-state index contributed by atoms with van der Waals surface area (Å²) >= 11 is 0. The molecule has 0 spiro atoms. The largest absolute Gasteiger partial charge is 0.477 e. The molecular formula is C15H14N2O4. The van der Waals surface area contributed by atoms with Crippen molar-refractivity contribution in [3.05, 3.63) is 35.1 Å². The SMILES string of the molecule is CC(=O)N1CCc2cc(-c3noc(C)c3C(=O)O)ccc21. The highest BCUT2D eigenvalue weighted by atomic mass is 16.5. The molecule has 21 heavy (non-hydrogen) atoms. The summed E-state index contributed by atoms with van der Waals surface area (Å²) < 4.78 is 4.99. The van der Waals surface area contributed by atoms with Crippen LogP contribution >= 0.6 is 0 Å². The van der Waals surface area contributed by atoms with E-state index in [4.69, 9.17) is 4.52 Å². The van der Waals surface area contributed by atoms with Gasteiger partial charge in [0.2, 0.25) is 5.91 Å². The van der Waals surface area contributed by atoms with Gasteiger partial charge in [-0.1, -0.05) is 11.2 Å². The summed E-state index contributed by atoms with van der Waals surface area (Å²) in [5.41, 5.74) is 2.98. The van der Waals surface area contributed by atoms with Gasteiger partial charge in [0.25, 0.3) is 0 Å². The van der Waals surface area contributed by atoms with E-state index < -0.39 is 5.97 Å². The molecule has 0 unspecified atom stereocenters. The predicted molar refractivity (Wildman–Crippen MR) is 75.4 cm³/mol. The van der Waals surface area contributed by atoms with Crippen LogP contribution in [-0.2, 0) is 11.2 Å². The van der Waals surface area contributed by atoms with E-state index in [9.17, 15) is 14.7 Å². The number of aryl methyl sites for hydroxylation is 1. The van der Waals surface area contributed by atoms with Crippen LogP contribution in [0, 0.1) is 6.92 Å². The maximum Gasteiger partial charge on any atom is 0.341 e. The Labute approximate surface area is 121 Å². The molecule has 1 aliphatic rings. The monoisotopic (exact) mass is 286 g/mol. The Bertz CT molecular complexity index is 748. The van der Waals surface area contributed by atoms with E-state index in [1.54, 1.807) is 17.9 Å². The number of nitrogens with zero attached hydrogens (tertiary/aromatic N) is 2. The van der Waals surface area contributed by atoms with Crippen LogP contribution in [0.25, 0.3) is 11.3 Å². The van der Waals surface area contributed by atoms with Crippen molar-refractivity contribution in [2.24, 2.45) is 0 Å². The number of rotatable bonds is 2. The number of anilines is 1. The molecule has 0 saturated carbocycles. The highest BCUT2D eigenvalue weighted by molar-refractivity contribution is 5.97. The minimum atomic E-state index is -1.06. The zero-order valence-corrected chi connectivity index (χ0v) is 11.7. The maximum absolute atomic E-state index is 11.5. The van der Waals surface area contributed by atoms with Gasteiger partial charge in [-0.3, -0.25) is 4.79 Å². The number of benzene rings is 1. The number of hydrogen-bond acceptors (Lipinski definition) is 4. The first-order valence-corrected chi connectivity index (χ1v) is 6.60. The van der Waals surface area contributed by atoms with E-state index in [0.717, 1.165) is 17.7 Å². The molecule has 1 aromatic carbocycles. The van der Waals surface area contributed by atoms with Gasteiger partial charge in [-0.05, 0) is 31.0 Å². The summed E-state index contributed by atoms with van der Waals surface area (Å²) in [7, 11) is 0. The fourth-order valence-electron chi connectivity index (χ4n) is 2.70. The second kappa shape index (κ2) is 4.73. The first kappa shape index (κ1) is 13.4. The van der Waals surface area contributed by atoms with Gasteiger partial charge < -0.3 is 14.5 Å². The lowest BCUT2D eigenvalue weighted by atomic mass is 10.0. The molecule has 2 heterocycles. The molecule has 0 saturated heterocycles. The molecule has 1 N–H and O–H groups in total. The van der Waals surface area contributed by atoms with Crippen LogP contribution < -0.4 is 4.90 Å². The van der Waals surface area contributed by atoms with E-state index in [1.807, 2.05) is 12.1 Å². The van der Waals surface area contributed by atoms with Crippen molar-refractivity contribution in [3.8, 4) is 11.3 Å². The average Bonchev–Trinajstić information content (AvgIpc) is 3.00. The number of fused-ring (bicyclic) bond motifs is 1. The Kier molecular flexibility index (Phi) is 3.01. The first-order valence-electron chi connectivity index (χ1n) is 6.60. The molecular weight excluding hydrogens is 272 g/mol. The third-order valence-electron chi connectivity index (χ3n) is 3.71. The van der Waals surface area contributed by atoms with Crippen molar-refractivity contribution in [2.45, 2.75) is 20.3 Å². The Hall–Kier alpha value is -2.63. The number of amides is 1. The maximum atomic E-state index is 11.5. The quantitative estimate of drug-likeness (QED) is 0.915. The minimum Gasteiger partial charge on any atom is -0.477 e. The van der Waals surface area contributed by atoms with E-state index in [0.29, 0.717) is 17.8 Å². The summed E-state index contributed by atoms with van der Waals surface area (Å²) in [6.07, 6.45) is 0.752. The van der Waals surface area contributed by atoms with Gasteiger partial charge in [-0.25, -0.2) is 4.79 Å². The molecule has 1 amide bonds. The molecule has 3 rings (SSSR count). The van der Waals surface area contributed by atoms with Gasteiger partial charge in [0.05, 0.1) is 0 Å². The van der Waals surface area contributed by atoms with E-state index in [2.05, 4.69) is 5.16 Å². The Morgan fingerprint density at radius 1 is 1.38 bits per heavy atom. The number of carboxylic acid groups (broad SMARTS) is 1. The highest BCUT2D eigenvalue weighted by Crippen LogP contribution is 2.33. The molecule has 6 heteroatoms. The Morgan fingerprint density at radius 3 is 2.81 bits per heavy atom. The highest BCUT2D eigenvalue weighted by Gasteiger charge is 2.25. The van der Waals surface area contributed by atoms with Crippen molar-refractivity contribution < 1.29 is 19.2 Å². The second-order valence-electron chi connectivity index (χ2n) is 5.03. The number of aromatic carboxylic acids is 1. The summed E-state index contributed by atoms with van der Waals surface area (Å²) in [6, 6.07) is 5.47. The molecule has 1 aromatic heterocycles. The molecule has 2 aromatic rings. The summed E-state index contributed by atoms with van der Waals surface area (Å²) in [6.45, 7) is 3.76. The van der Waals surface area contributed by atoms with Gasteiger partial charge in [0.1, 0.15) is 17.0 Å². The number of carboxylic acids is 1.